The van der Waals surface area contributed by atoms with Crippen LogP contribution in [0.5, 0.6) is 0 Å². The van der Waals surface area contributed by atoms with E-state index < -0.39 is 0 Å². The number of ether oxygens (including phenoxy) is 1. The number of carbonyl (C=O) groups is 2. The van der Waals surface area contributed by atoms with Gasteiger partial charge in [0.1, 0.15) is 0 Å². The summed E-state index contributed by atoms with van der Waals surface area (Å²) in [7, 11) is 1.35. The van der Waals surface area contributed by atoms with Crippen molar-refractivity contribution in [3.05, 3.63) is 29.8 Å². The predicted octanol–water partition coefficient (Wildman–Crippen LogP) is 2.44. The zero-order valence-electron chi connectivity index (χ0n) is 13.2. The van der Waals surface area contributed by atoms with Crippen LogP contribution in [0.4, 0.5) is 5.69 Å². The van der Waals surface area contributed by atoms with Crippen LogP contribution in [-0.2, 0) is 9.53 Å². The van der Waals surface area contributed by atoms with Gasteiger partial charge in [-0.2, -0.15) is 0 Å². The number of benzene rings is 1. The first-order chi connectivity index (χ1) is 9.92. The summed E-state index contributed by atoms with van der Waals surface area (Å²) in [5.41, 5.74) is 0.831. The number of amides is 1. The van der Waals surface area contributed by atoms with Gasteiger partial charge in [-0.15, -0.1) is 0 Å². The molecule has 1 amide bonds. The highest BCUT2D eigenvalue weighted by molar-refractivity contribution is 5.95. The van der Waals surface area contributed by atoms with Crippen molar-refractivity contribution in [1.82, 2.24) is 5.32 Å². The molecule has 1 aromatic carbocycles. The monoisotopic (exact) mass is 292 g/mol. The van der Waals surface area contributed by atoms with Gasteiger partial charge in [-0.05, 0) is 18.6 Å². The van der Waals surface area contributed by atoms with Gasteiger partial charge < -0.3 is 15.4 Å². The Hall–Kier alpha value is -2.04. The molecule has 0 atom stereocenters. The van der Waals surface area contributed by atoms with Gasteiger partial charge in [0, 0.05) is 24.2 Å². The van der Waals surface area contributed by atoms with Gasteiger partial charge in [0.15, 0.2) is 0 Å². The lowest BCUT2D eigenvalue weighted by Gasteiger charge is -2.21. The van der Waals surface area contributed by atoms with Crippen LogP contribution >= 0.6 is 0 Å². The maximum absolute atomic E-state index is 11.9. The molecule has 1 rings (SSSR count). The maximum atomic E-state index is 11.9. The topological polar surface area (TPSA) is 67.4 Å². The molecule has 0 bridgehead atoms. The first kappa shape index (κ1) is 17.0. The third-order valence-electron chi connectivity index (χ3n) is 3.56. The van der Waals surface area contributed by atoms with Crippen LogP contribution in [0.2, 0.25) is 0 Å². The van der Waals surface area contributed by atoms with Crippen molar-refractivity contribution >= 4 is 17.6 Å². The number of rotatable bonds is 7. The number of hydrogen-bond donors (Lipinski definition) is 2. The number of carbonyl (C=O) groups excluding carboxylic acids is 2. The molecule has 0 saturated heterocycles. The van der Waals surface area contributed by atoms with Gasteiger partial charge in [-0.25, -0.2) is 4.79 Å². The molecule has 0 saturated carbocycles. The van der Waals surface area contributed by atoms with E-state index >= 15 is 0 Å². The molecule has 0 radical (unpaired) electrons. The minimum atomic E-state index is -0.380. The molecule has 1 aromatic rings. The summed E-state index contributed by atoms with van der Waals surface area (Å²) < 4.78 is 4.73. The van der Waals surface area contributed by atoms with Gasteiger partial charge in [0.05, 0.1) is 12.7 Å². The molecule has 116 valence electrons. The summed E-state index contributed by atoms with van der Waals surface area (Å²) in [6, 6.07) is 7.13. The van der Waals surface area contributed by atoms with Crippen molar-refractivity contribution in [3.8, 4) is 0 Å². The summed E-state index contributed by atoms with van der Waals surface area (Å²) in [4.78, 5) is 23.5. The third kappa shape index (κ3) is 4.77. The van der Waals surface area contributed by atoms with E-state index in [1.807, 2.05) is 32.9 Å². The van der Waals surface area contributed by atoms with Crippen LogP contribution in [0.15, 0.2) is 24.3 Å². The highest BCUT2D eigenvalue weighted by atomic mass is 16.5. The van der Waals surface area contributed by atoms with Crippen molar-refractivity contribution in [1.29, 1.82) is 0 Å². The Bertz CT molecular complexity index is 498. The highest BCUT2D eigenvalue weighted by Crippen LogP contribution is 2.19. The number of nitrogens with one attached hydrogen (secondary N) is 2. The Morgan fingerprint density at radius 1 is 1.19 bits per heavy atom. The number of hydrogen-bond acceptors (Lipinski definition) is 4. The molecular weight excluding hydrogens is 268 g/mol. The first-order valence-corrected chi connectivity index (χ1v) is 7.12. The smallest absolute Gasteiger partial charge is 0.339 e. The Balaban J connectivity index is 2.51. The fourth-order valence-corrected chi connectivity index (χ4v) is 1.70. The average Bonchev–Trinajstić information content (AvgIpc) is 2.50. The fourth-order valence-electron chi connectivity index (χ4n) is 1.70. The Kier molecular flexibility index (Phi) is 6.21. The Morgan fingerprint density at radius 3 is 2.48 bits per heavy atom. The van der Waals surface area contributed by atoms with Crippen LogP contribution in [0.3, 0.4) is 0 Å². The van der Waals surface area contributed by atoms with Crippen LogP contribution in [0.25, 0.3) is 0 Å². The van der Waals surface area contributed by atoms with Gasteiger partial charge in [0.25, 0.3) is 0 Å². The second-order valence-corrected chi connectivity index (χ2v) is 5.46. The minimum absolute atomic E-state index is 0.0352. The van der Waals surface area contributed by atoms with Crippen molar-refractivity contribution in [2.24, 2.45) is 5.41 Å². The molecule has 5 heteroatoms. The molecule has 0 aliphatic carbocycles. The molecule has 0 spiro atoms. The molecule has 21 heavy (non-hydrogen) atoms. The molecular formula is C16H24N2O3. The third-order valence-corrected chi connectivity index (χ3v) is 3.56. The first-order valence-electron chi connectivity index (χ1n) is 7.12. The number of esters is 1. The summed E-state index contributed by atoms with van der Waals surface area (Å²) in [6.07, 6.45) is 0.789. The lowest BCUT2D eigenvalue weighted by molar-refractivity contribution is -0.129. The standard InChI is InChI=1S/C16H24N2O3/c1-5-16(2,3)15(20)18-11-10-17-13-9-7-6-8-12(13)14(19)21-4/h6-9,17H,5,10-11H2,1-4H3,(H,18,20). The van der Waals surface area contributed by atoms with E-state index in [4.69, 9.17) is 4.74 Å². The van der Waals surface area contributed by atoms with E-state index in [0.29, 0.717) is 24.3 Å². The van der Waals surface area contributed by atoms with Crippen LogP contribution in [0.1, 0.15) is 37.6 Å². The zero-order chi connectivity index (χ0) is 15.9. The summed E-state index contributed by atoms with van der Waals surface area (Å²) in [5.74, 6) is -0.345. The quantitative estimate of drug-likeness (QED) is 0.598. The van der Waals surface area contributed by atoms with Crippen molar-refractivity contribution in [3.63, 3.8) is 0 Å². The van der Waals surface area contributed by atoms with Crippen molar-refractivity contribution in [2.45, 2.75) is 27.2 Å². The SMILES string of the molecule is CCC(C)(C)C(=O)NCCNc1ccccc1C(=O)OC. The lowest BCUT2D eigenvalue weighted by atomic mass is 9.89. The highest BCUT2D eigenvalue weighted by Gasteiger charge is 2.24. The second-order valence-electron chi connectivity index (χ2n) is 5.46. The summed E-state index contributed by atoms with van der Waals surface area (Å²) in [6.45, 7) is 6.87. The van der Waals surface area contributed by atoms with Crippen LogP contribution in [-0.4, -0.2) is 32.1 Å². The molecule has 5 nitrogen and oxygen atoms in total. The lowest BCUT2D eigenvalue weighted by Crippen LogP contribution is -2.38. The second kappa shape index (κ2) is 7.67. The van der Waals surface area contributed by atoms with Gasteiger partial charge >= 0.3 is 5.97 Å². The molecule has 2 N–H and O–H groups in total. The normalized spacial score (nSPS) is 10.9. The minimum Gasteiger partial charge on any atom is -0.465 e. The maximum Gasteiger partial charge on any atom is 0.339 e. The van der Waals surface area contributed by atoms with Crippen molar-refractivity contribution < 1.29 is 14.3 Å². The van der Waals surface area contributed by atoms with E-state index in [-0.39, 0.29) is 17.3 Å². The Morgan fingerprint density at radius 2 is 1.86 bits per heavy atom. The zero-order valence-corrected chi connectivity index (χ0v) is 13.2. The molecule has 0 fully saturated rings. The van der Waals surface area contributed by atoms with Crippen LogP contribution in [0, 0.1) is 5.41 Å². The molecule has 0 aromatic heterocycles. The van der Waals surface area contributed by atoms with Gasteiger partial charge in [-0.1, -0.05) is 32.9 Å². The fraction of sp³-hybridized carbons (Fsp3) is 0.500. The van der Waals surface area contributed by atoms with Crippen LogP contribution < -0.4 is 10.6 Å². The molecule has 0 aliphatic rings. The summed E-state index contributed by atoms with van der Waals surface area (Å²) in [5, 5.41) is 6.03. The number of methoxy groups -OCH3 is 1. The Labute approximate surface area is 126 Å². The van der Waals surface area contributed by atoms with E-state index in [2.05, 4.69) is 10.6 Å². The van der Waals surface area contributed by atoms with Crippen molar-refractivity contribution in [2.75, 3.05) is 25.5 Å². The number of para-hydroxylation sites is 1. The van der Waals surface area contributed by atoms with E-state index in [1.54, 1.807) is 12.1 Å². The largest absolute Gasteiger partial charge is 0.465 e. The average molecular weight is 292 g/mol. The number of anilines is 1. The van der Waals surface area contributed by atoms with E-state index in [9.17, 15) is 9.59 Å². The van der Waals surface area contributed by atoms with E-state index in [1.165, 1.54) is 7.11 Å². The molecule has 0 unspecified atom stereocenters. The van der Waals surface area contributed by atoms with Gasteiger partial charge in [-0.3, -0.25) is 4.79 Å². The molecule has 0 aliphatic heterocycles. The summed E-state index contributed by atoms with van der Waals surface area (Å²) >= 11 is 0. The van der Waals surface area contributed by atoms with E-state index in [0.717, 1.165) is 6.42 Å². The predicted molar refractivity (Wildman–Crippen MR) is 83.4 cm³/mol. The van der Waals surface area contributed by atoms with Gasteiger partial charge in [0.2, 0.25) is 5.91 Å². The molecule has 0 heterocycles.